The van der Waals surface area contributed by atoms with Crippen LogP contribution >= 0.6 is 23.2 Å². The monoisotopic (exact) mass is 281 g/mol. The third-order valence-corrected chi connectivity index (χ3v) is 3.47. The van der Waals surface area contributed by atoms with Crippen molar-refractivity contribution in [3.05, 3.63) is 63.9 Å². The van der Waals surface area contributed by atoms with Gasteiger partial charge in [-0.25, -0.2) is 0 Å². The highest BCUT2D eigenvalue weighted by Gasteiger charge is 2.10. The van der Waals surface area contributed by atoms with Gasteiger partial charge in [-0.05, 0) is 42.7 Å². The smallest absolute Gasteiger partial charge is 0.0794 e. The summed E-state index contributed by atoms with van der Waals surface area (Å²) in [7, 11) is 0. The number of aryl methyl sites for hydroxylation is 1. The van der Waals surface area contributed by atoms with Gasteiger partial charge in [0.05, 0.1) is 16.1 Å². The van der Waals surface area contributed by atoms with E-state index < -0.39 is 6.10 Å². The molecule has 0 bridgehead atoms. The quantitative estimate of drug-likeness (QED) is 0.917. The van der Waals surface area contributed by atoms with Gasteiger partial charge in [-0.2, -0.15) is 0 Å². The van der Waals surface area contributed by atoms with Gasteiger partial charge < -0.3 is 5.11 Å². The van der Waals surface area contributed by atoms with Gasteiger partial charge in [0.2, 0.25) is 0 Å². The second-order valence-electron chi connectivity index (χ2n) is 4.05. The van der Waals surface area contributed by atoms with E-state index >= 15 is 0 Å². The van der Waals surface area contributed by atoms with Gasteiger partial charge in [0.25, 0.3) is 0 Å². The normalized spacial score (nSPS) is 12.4. The minimum atomic E-state index is -0.554. The second-order valence-corrected chi connectivity index (χ2v) is 4.86. The lowest BCUT2D eigenvalue weighted by Gasteiger charge is -2.11. The molecule has 1 aromatic carbocycles. The maximum Gasteiger partial charge on any atom is 0.0794 e. The molecule has 18 heavy (non-hydrogen) atoms. The van der Waals surface area contributed by atoms with Crippen LogP contribution in [0.4, 0.5) is 0 Å². The predicted molar refractivity (Wildman–Crippen MR) is 74.0 cm³/mol. The number of pyridine rings is 1. The summed E-state index contributed by atoms with van der Waals surface area (Å²) in [5.74, 6) is 0. The molecule has 1 unspecified atom stereocenters. The van der Waals surface area contributed by atoms with Crippen LogP contribution in [-0.4, -0.2) is 10.1 Å². The summed E-state index contributed by atoms with van der Waals surface area (Å²) < 4.78 is 0. The van der Waals surface area contributed by atoms with Crippen LogP contribution in [0.3, 0.4) is 0 Å². The van der Waals surface area contributed by atoms with Crippen LogP contribution in [-0.2, 0) is 6.42 Å². The lowest BCUT2D eigenvalue weighted by molar-refractivity contribution is 0.167. The Bertz CT molecular complexity index is 516. The molecule has 2 rings (SSSR count). The van der Waals surface area contributed by atoms with Crippen LogP contribution in [0.2, 0.25) is 10.0 Å². The molecule has 4 heteroatoms. The molecule has 2 aromatic rings. The molecule has 0 spiro atoms. The molecule has 1 atom stereocenters. The van der Waals surface area contributed by atoms with Crippen molar-refractivity contribution in [1.82, 2.24) is 4.98 Å². The van der Waals surface area contributed by atoms with Gasteiger partial charge in [-0.1, -0.05) is 35.3 Å². The topological polar surface area (TPSA) is 33.1 Å². The molecule has 0 saturated carbocycles. The highest BCUT2D eigenvalue weighted by molar-refractivity contribution is 6.42. The summed E-state index contributed by atoms with van der Waals surface area (Å²) in [5, 5.41) is 11.0. The Kier molecular flexibility index (Phi) is 4.59. The first-order valence-electron chi connectivity index (χ1n) is 5.70. The number of rotatable bonds is 4. The molecule has 1 heterocycles. The zero-order chi connectivity index (χ0) is 13.0. The van der Waals surface area contributed by atoms with E-state index in [9.17, 15) is 5.11 Å². The average Bonchev–Trinajstić information content (AvgIpc) is 2.40. The maximum absolute atomic E-state index is 10.1. The largest absolute Gasteiger partial charge is 0.388 e. The van der Waals surface area contributed by atoms with Gasteiger partial charge >= 0.3 is 0 Å². The first-order valence-corrected chi connectivity index (χ1v) is 6.45. The number of aliphatic hydroxyl groups excluding tert-OH is 1. The summed E-state index contributed by atoms with van der Waals surface area (Å²) in [6.07, 6.45) is 2.53. The van der Waals surface area contributed by atoms with Crippen LogP contribution in [0, 0.1) is 0 Å². The number of hydrogen-bond donors (Lipinski definition) is 1. The van der Waals surface area contributed by atoms with Crippen LogP contribution in [0.5, 0.6) is 0 Å². The number of aliphatic hydroxyl groups is 1. The summed E-state index contributed by atoms with van der Waals surface area (Å²) >= 11 is 11.8. The molecule has 0 aliphatic rings. The predicted octanol–water partition coefficient (Wildman–Crippen LogP) is 4.05. The van der Waals surface area contributed by atoms with Crippen molar-refractivity contribution in [3.63, 3.8) is 0 Å². The van der Waals surface area contributed by atoms with E-state index in [-0.39, 0.29) is 0 Å². The fourth-order valence-electron chi connectivity index (χ4n) is 1.72. The van der Waals surface area contributed by atoms with Gasteiger partial charge in [-0.15, -0.1) is 0 Å². The molecule has 0 aliphatic carbocycles. The van der Waals surface area contributed by atoms with Crippen LogP contribution in [0.15, 0.2) is 42.6 Å². The van der Waals surface area contributed by atoms with Gasteiger partial charge in [-0.3, -0.25) is 4.98 Å². The molecular formula is C14H13Cl2NO. The second kappa shape index (κ2) is 6.19. The summed E-state index contributed by atoms with van der Waals surface area (Å²) in [6, 6.07) is 10.9. The highest BCUT2D eigenvalue weighted by atomic mass is 35.5. The first kappa shape index (κ1) is 13.3. The number of benzene rings is 1. The van der Waals surface area contributed by atoms with E-state index in [1.54, 1.807) is 24.4 Å². The summed E-state index contributed by atoms with van der Waals surface area (Å²) in [6.45, 7) is 0. The summed E-state index contributed by atoms with van der Waals surface area (Å²) in [5.41, 5.74) is 1.75. The van der Waals surface area contributed by atoms with E-state index in [2.05, 4.69) is 4.98 Å². The third-order valence-electron chi connectivity index (χ3n) is 2.73. The molecule has 0 amide bonds. The molecule has 2 nitrogen and oxygen atoms in total. The standard InChI is InChI=1S/C14H13Cl2NO/c15-12-6-4-10(9-13(12)16)14(18)7-5-11-3-1-2-8-17-11/h1-4,6,8-9,14,18H,5,7H2. The Balaban J connectivity index is 1.99. The molecule has 0 fully saturated rings. The fourth-order valence-corrected chi connectivity index (χ4v) is 2.02. The van der Waals surface area contributed by atoms with Crippen molar-refractivity contribution in [1.29, 1.82) is 0 Å². The molecule has 0 radical (unpaired) electrons. The molecule has 1 aromatic heterocycles. The molecule has 94 valence electrons. The summed E-state index contributed by atoms with van der Waals surface area (Å²) in [4.78, 5) is 4.22. The van der Waals surface area contributed by atoms with Crippen molar-refractivity contribution >= 4 is 23.2 Å². The van der Waals surface area contributed by atoms with E-state index in [4.69, 9.17) is 23.2 Å². The van der Waals surface area contributed by atoms with Crippen molar-refractivity contribution < 1.29 is 5.11 Å². The van der Waals surface area contributed by atoms with Crippen molar-refractivity contribution in [2.75, 3.05) is 0 Å². The van der Waals surface area contributed by atoms with Crippen molar-refractivity contribution in [2.45, 2.75) is 18.9 Å². The number of aromatic nitrogens is 1. The molecule has 0 saturated heterocycles. The van der Waals surface area contributed by atoms with E-state index in [0.717, 1.165) is 17.7 Å². The lowest BCUT2D eigenvalue weighted by Crippen LogP contribution is -2.00. The minimum Gasteiger partial charge on any atom is -0.388 e. The highest BCUT2D eigenvalue weighted by Crippen LogP contribution is 2.27. The Hall–Kier alpha value is -1.09. The van der Waals surface area contributed by atoms with Crippen LogP contribution in [0.25, 0.3) is 0 Å². The maximum atomic E-state index is 10.1. The molecule has 1 N–H and O–H groups in total. The number of halogens is 2. The third kappa shape index (κ3) is 3.45. The fraction of sp³-hybridized carbons (Fsp3) is 0.214. The van der Waals surface area contributed by atoms with Gasteiger partial charge in [0.1, 0.15) is 0 Å². The first-order chi connectivity index (χ1) is 8.66. The van der Waals surface area contributed by atoms with Crippen LogP contribution < -0.4 is 0 Å². The van der Waals surface area contributed by atoms with Crippen molar-refractivity contribution in [3.8, 4) is 0 Å². The Labute approximate surface area is 116 Å². The Morgan fingerprint density at radius 3 is 2.61 bits per heavy atom. The lowest BCUT2D eigenvalue weighted by atomic mass is 10.0. The SMILES string of the molecule is OC(CCc1ccccn1)c1ccc(Cl)c(Cl)c1. The van der Waals surface area contributed by atoms with Gasteiger partial charge in [0, 0.05) is 11.9 Å². The number of nitrogens with zero attached hydrogens (tertiary/aromatic N) is 1. The zero-order valence-electron chi connectivity index (χ0n) is 9.68. The van der Waals surface area contributed by atoms with Gasteiger partial charge in [0.15, 0.2) is 0 Å². The number of hydrogen-bond acceptors (Lipinski definition) is 2. The van der Waals surface area contributed by atoms with Crippen molar-refractivity contribution in [2.24, 2.45) is 0 Å². The Morgan fingerprint density at radius 2 is 1.94 bits per heavy atom. The van der Waals surface area contributed by atoms with E-state index in [0.29, 0.717) is 16.5 Å². The minimum absolute atomic E-state index is 0.464. The molecule has 0 aliphatic heterocycles. The van der Waals surface area contributed by atoms with Crippen LogP contribution in [0.1, 0.15) is 23.8 Å². The van der Waals surface area contributed by atoms with E-state index in [1.165, 1.54) is 0 Å². The molecular weight excluding hydrogens is 269 g/mol. The average molecular weight is 282 g/mol. The zero-order valence-corrected chi connectivity index (χ0v) is 11.2. The Morgan fingerprint density at radius 1 is 1.11 bits per heavy atom. The van der Waals surface area contributed by atoms with E-state index in [1.807, 2.05) is 18.2 Å².